The lowest BCUT2D eigenvalue weighted by molar-refractivity contribution is 0.412. The molecule has 0 radical (unpaired) electrons. The van der Waals surface area contributed by atoms with Crippen LogP contribution in [0.15, 0.2) is 6.20 Å². The fourth-order valence-electron chi connectivity index (χ4n) is 2.35. The fraction of sp³-hybridized carbons (Fsp3) is 0.800. The van der Waals surface area contributed by atoms with Crippen LogP contribution >= 0.6 is 0 Å². The van der Waals surface area contributed by atoms with Crippen molar-refractivity contribution in [2.75, 3.05) is 0 Å². The van der Waals surface area contributed by atoms with Crippen molar-refractivity contribution in [3.63, 3.8) is 0 Å². The van der Waals surface area contributed by atoms with Gasteiger partial charge in [0.25, 0.3) is 0 Å². The summed E-state index contributed by atoms with van der Waals surface area (Å²) in [6, 6.07) is 1.08. The first-order valence-electron chi connectivity index (χ1n) is 7.42. The van der Waals surface area contributed by atoms with Crippen LogP contribution in [0.5, 0.6) is 0 Å². The third-order valence-electron chi connectivity index (χ3n) is 3.46. The van der Waals surface area contributed by atoms with E-state index >= 15 is 0 Å². The predicted octanol–water partition coefficient (Wildman–Crippen LogP) is 3.69. The molecule has 0 bridgehead atoms. The zero-order valence-electron chi connectivity index (χ0n) is 12.7. The molecule has 0 unspecified atom stereocenters. The SMILES string of the molecule is CCCc1c(CNC(C)C)cnn1C(CC)CC. The molecule has 0 aliphatic rings. The highest BCUT2D eigenvalue weighted by Crippen LogP contribution is 2.21. The Morgan fingerprint density at radius 3 is 2.39 bits per heavy atom. The zero-order valence-corrected chi connectivity index (χ0v) is 12.7. The molecule has 0 atom stereocenters. The number of rotatable bonds is 8. The first kappa shape index (κ1) is 15.2. The van der Waals surface area contributed by atoms with Crippen molar-refractivity contribution < 1.29 is 0 Å². The molecular formula is C15H29N3. The van der Waals surface area contributed by atoms with Crippen LogP contribution in [0.4, 0.5) is 0 Å². The minimum absolute atomic E-state index is 0.524. The molecule has 0 aliphatic carbocycles. The molecule has 0 spiro atoms. The molecule has 0 fully saturated rings. The molecule has 0 amide bonds. The highest BCUT2D eigenvalue weighted by molar-refractivity contribution is 5.18. The molecular weight excluding hydrogens is 222 g/mol. The third-order valence-corrected chi connectivity index (χ3v) is 3.46. The van der Waals surface area contributed by atoms with Crippen molar-refractivity contribution in [2.24, 2.45) is 0 Å². The Morgan fingerprint density at radius 1 is 1.22 bits per heavy atom. The summed E-state index contributed by atoms with van der Waals surface area (Å²) in [5.74, 6) is 0. The highest BCUT2D eigenvalue weighted by atomic mass is 15.3. The molecule has 3 nitrogen and oxygen atoms in total. The lowest BCUT2D eigenvalue weighted by atomic mass is 10.1. The summed E-state index contributed by atoms with van der Waals surface area (Å²) in [7, 11) is 0. The minimum Gasteiger partial charge on any atom is -0.310 e. The molecule has 0 saturated carbocycles. The Labute approximate surface area is 112 Å². The van der Waals surface area contributed by atoms with E-state index in [-0.39, 0.29) is 0 Å². The second kappa shape index (κ2) is 7.57. The molecule has 0 aromatic carbocycles. The molecule has 1 rings (SSSR count). The van der Waals surface area contributed by atoms with E-state index in [0.29, 0.717) is 12.1 Å². The Hall–Kier alpha value is -0.830. The van der Waals surface area contributed by atoms with Crippen molar-refractivity contribution in [1.29, 1.82) is 0 Å². The predicted molar refractivity (Wildman–Crippen MR) is 77.8 cm³/mol. The van der Waals surface area contributed by atoms with Crippen LogP contribution in [0.25, 0.3) is 0 Å². The van der Waals surface area contributed by atoms with Gasteiger partial charge in [0, 0.05) is 23.8 Å². The van der Waals surface area contributed by atoms with E-state index in [2.05, 4.69) is 55.9 Å². The van der Waals surface area contributed by atoms with Gasteiger partial charge in [0.2, 0.25) is 0 Å². The highest BCUT2D eigenvalue weighted by Gasteiger charge is 2.15. The van der Waals surface area contributed by atoms with Gasteiger partial charge in [0.05, 0.1) is 12.2 Å². The average molecular weight is 251 g/mol. The molecule has 0 saturated heterocycles. The Morgan fingerprint density at radius 2 is 1.89 bits per heavy atom. The molecule has 1 aromatic heterocycles. The van der Waals surface area contributed by atoms with Gasteiger partial charge < -0.3 is 5.32 Å². The van der Waals surface area contributed by atoms with Crippen molar-refractivity contribution in [3.8, 4) is 0 Å². The van der Waals surface area contributed by atoms with Gasteiger partial charge in [-0.2, -0.15) is 5.10 Å². The van der Waals surface area contributed by atoms with Crippen LogP contribution in [-0.4, -0.2) is 15.8 Å². The standard InChI is InChI=1S/C15H29N3/c1-6-9-15-13(10-16-12(4)5)11-17-18(15)14(7-2)8-3/h11-12,14,16H,6-10H2,1-5H3. The van der Waals surface area contributed by atoms with Crippen LogP contribution in [0, 0.1) is 0 Å². The number of hydrogen-bond donors (Lipinski definition) is 1. The summed E-state index contributed by atoms with van der Waals surface area (Å²) < 4.78 is 2.26. The number of nitrogens with zero attached hydrogens (tertiary/aromatic N) is 2. The maximum Gasteiger partial charge on any atom is 0.0537 e. The van der Waals surface area contributed by atoms with Crippen molar-refractivity contribution in [1.82, 2.24) is 15.1 Å². The number of aromatic nitrogens is 2. The fourth-order valence-corrected chi connectivity index (χ4v) is 2.35. The summed E-state index contributed by atoms with van der Waals surface area (Å²) in [5, 5.41) is 8.13. The van der Waals surface area contributed by atoms with E-state index in [4.69, 9.17) is 0 Å². The normalized spacial score (nSPS) is 11.7. The molecule has 3 heteroatoms. The van der Waals surface area contributed by atoms with Crippen LogP contribution in [0.3, 0.4) is 0 Å². The second-order valence-electron chi connectivity index (χ2n) is 5.32. The van der Waals surface area contributed by atoms with E-state index in [1.54, 1.807) is 0 Å². The van der Waals surface area contributed by atoms with Gasteiger partial charge in [-0.05, 0) is 19.3 Å². The quantitative estimate of drug-likeness (QED) is 0.763. The maximum atomic E-state index is 4.63. The van der Waals surface area contributed by atoms with E-state index in [1.807, 2.05) is 0 Å². The Balaban J connectivity index is 2.90. The average Bonchev–Trinajstić information content (AvgIpc) is 2.73. The van der Waals surface area contributed by atoms with Crippen molar-refractivity contribution >= 4 is 0 Å². The van der Waals surface area contributed by atoms with Gasteiger partial charge in [-0.3, -0.25) is 4.68 Å². The van der Waals surface area contributed by atoms with Gasteiger partial charge in [-0.1, -0.05) is 41.0 Å². The van der Waals surface area contributed by atoms with Gasteiger partial charge in [-0.25, -0.2) is 0 Å². The largest absolute Gasteiger partial charge is 0.310 e. The molecule has 18 heavy (non-hydrogen) atoms. The number of nitrogens with one attached hydrogen (secondary N) is 1. The molecule has 1 aromatic rings. The van der Waals surface area contributed by atoms with Crippen LogP contribution < -0.4 is 5.32 Å². The zero-order chi connectivity index (χ0) is 13.5. The Kier molecular flexibility index (Phi) is 6.41. The Bertz CT molecular complexity index is 338. The first-order valence-corrected chi connectivity index (χ1v) is 7.42. The van der Waals surface area contributed by atoms with Gasteiger partial charge in [-0.15, -0.1) is 0 Å². The van der Waals surface area contributed by atoms with E-state index in [1.165, 1.54) is 17.7 Å². The smallest absolute Gasteiger partial charge is 0.0537 e. The van der Waals surface area contributed by atoms with Crippen molar-refractivity contribution in [3.05, 3.63) is 17.5 Å². The number of hydrogen-bond acceptors (Lipinski definition) is 2. The van der Waals surface area contributed by atoms with Gasteiger partial charge in [0.15, 0.2) is 0 Å². The summed E-state index contributed by atoms with van der Waals surface area (Å²) in [6.45, 7) is 12.0. The maximum absolute atomic E-state index is 4.63. The topological polar surface area (TPSA) is 29.9 Å². The van der Waals surface area contributed by atoms with Crippen LogP contribution in [-0.2, 0) is 13.0 Å². The monoisotopic (exact) mass is 251 g/mol. The second-order valence-corrected chi connectivity index (χ2v) is 5.32. The summed E-state index contributed by atoms with van der Waals surface area (Å²) in [5.41, 5.74) is 2.80. The first-order chi connectivity index (χ1) is 8.63. The van der Waals surface area contributed by atoms with Crippen LogP contribution in [0.2, 0.25) is 0 Å². The van der Waals surface area contributed by atoms with Crippen LogP contribution in [0.1, 0.15) is 71.2 Å². The van der Waals surface area contributed by atoms with E-state index < -0.39 is 0 Å². The molecule has 0 aliphatic heterocycles. The van der Waals surface area contributed by atoms with E-state index in [0.717, 1.165) is 25.8 Å². The van der Waals surface area contributed by atoms with E-state index in [9.17, 15) is 0 Å². The third kappa shape index (κ3) is 3.84. The van der Waals surface area contributed by atoms with Crippen molar-refractivity contribution in [2.45, 2.75) is 78.9 Å². The summed E-state index contributed by atoms with van der Waals surface area (Å²) in [6.07, 6.45) is 6.68. The molecule has 104 valence electrons. The van der Waals surface area contributed by atoms with Gasteiger partial charge >= 0.3 is 0 Å². The lowest BCUT2D eigenvalue weighted by Crippen LogP contribution is -2.22. The van der Waals surface area contributed by atoms with Gasteiger partial charge in [0.1, 0.15) is 0 Å². The molecule has 1 N–H and O–H groups in total. The minimum atomic E-state index is 0.524. The molecule has 1 heterocycles. The summed E-state index contributed by atoms with van der Waals surface area (Å²) in [4.78, 5) is 0. The summed E-state index contributed by atoms with van der Waals surface area (Å²) >= 11 is 0. The lowest BCUT2D eigenvalue weighted by Gasteiger charge is -2.18.